The van der Waals surface area contributed by atoms with Crippen LogP contribution in [0.5, 0.6) is 0 Å². The monoisotopic (exact) mass is 313 g/mol. The van der Waals surface area contributed by atoms with Crippen LogP contribution >= 0.6 is 0 Å². The molecule has 10 nitrogen and oxygen atoms in total. The van der Waals surface area contributed by atoms with Gasteiger partial charge in [-0.15, -0.1) is 0 Å². The molecule has 0 aliphatic carbocycles. The predicted molar refractivity (Wildman–Crippen MR) is 66.7 cm³/mol. The Hall–Kier alpha value is -2.52. The maximum Gasteiger partial charge on any atom is 0.537 e. The fourth-order valence-corrected chi connectivity index (χ4v) is 1.68. The molecular weight excluding hydrogens is 298 g/mol. The molecule has 0 saturated carbocycles. The Morgan fingerprint density at radius 2 is 1.82 bits per heavy atom. The molecule has 1 unspecified atom stereocenters. The first kappa shape index (κ1) is 15.9. The second kappa shape index (κ2) is 6.08. The summed E-state index contributed by atoms with van der Waals surface area (Å²) in [5.41, 5.74) is -0.515. The fraction of sp³-hybridized carbons (Fsp3) is 0.667. The molecule has 0 bridgehead atoms. The van der Waals surface area contributed by atoms with Gasteiger partial charge in [0.15, 0.2) is 5.66 Å². The van der Waals surface area contributed by atoms with Gasteiger partial charge in [0.05, 0.1) is 0 Å². The highest BCUT2D eigenvalue weighted by atomic mass is 16.9. The molecule has 0 radical (unpaired) electrons. The van der Waals surface area contributed by atoms with Crippen LogP contribution in [0.2, 0.25) is 0 Å². The van der Waals surface area contributed by atoms with Gasteiger partial charge in [0, 0.05) is 32.6 Å². The van der Waals surface area contributed by atoms with Crippen LogP contribution in [-0.2, 0) is 28.7 Å². The standard InChI is InChI=1S/C12H15N3O7/c1-7(20-10(18)5-6-12(2)13-14-12)21-11(19)22-15-8(16)3-4-9(15)17/h7H,3-6H2,1-2H3. The first-order chi connectivity index (χ1) is 10.3. The van der Waals surface area contributed by atoms with E-state index in [-0.39, 0.29) is 19.3 Å². The summed E-state index contributed by atoms with van der Waals surface area (Å²) >= 11 is 0. The van der Waals surface area contributed by atoms with Gasteiger partial charge in [-0.1, -0.05) is 5.06 Å². The summed E-state index contributed by atoms with van der Waals surface area (Å²) in [6, 6.07) is 0. The molecule has 2 aliphatic rings. The zero-order chi connectivity index (χ0) is 16.3. The molecule has 2 amide bonds. The van der Waals surface area contributed by atoms with E-state index in [1.807, 2.05) is 0 Å². The van der Waals surface area contributed by atoms with E-state index < -0.39 is 35.9 Å². The molecule has 1 atom stereocenters. The molecule has 1 saturated heterocycles. The summed E-state index contributed by atoms with van der Waals surface area (Å²) in [5.74, 6) is -1.85. The lowest BCUT2D eigenvalue weighted by Gasteiger charge is -2.16. The zero-order valence-electron chi connectivity index (χ0n) is 12.1. The van der Waals surface area contributed by atoms with Gasteiger partial charge >= 0.3 is 12.1 Å². The van der Waals surface area contributed by atoms with Gasteiger partial charge in [0.1, 0.15) is 0 Å². The number of hydrogen-bond acceptors (Lipinski definition) is 9. The van der Waals surface area contributed by atoms with Crippen molar-refractivity contribution in [2.24, 2.45) is 10.2 Å². The van der Waals surface area contributed by atoms with Gasteiger partial charge in [-0.05, 0) is 6.92 Å². The highest BCUT2D eigenvalue weighted by molar-refractivity contribution is 6.01. The van der Waals surface area contributed by atoms with Crippen molar-refractivity contribution in [3.8, 4) is 0 Å². The summed E-state index contributed by atoms with van der Waals surface area (Å²) in [4.78, 5) is 49.8. The quantitative estimate of drug-likeness (QED) is 0.408. The number of hydrogen-bond donors (Lipinski definition) is 0. The molecule has 0 aromatic heterocycles. The van der Waals surface area contributed by atoms with E-state index in [1.165, 1.54) is 6.92 Å². The topological polar surface area (TPSA) is 124 Å². The molecular formula is C12H15N3O7. The smallest absolute Gasteiger partial charge is 0.425 e. The number of rotatable bonds is 6. The Morgan fingerprint density at radius 3 is 2.36 bits per heavy atom. The lowest BCUT2D eigenvalue weighted by molar-refractivity contribution is -0.191. The Kier molecular flexibility index (Phi) is 4.38. The van der Waals surface area contributed by atoms with Crippen LogP contribution in [0.15, 0.2) is 10.2 Å². The molecule has 1 fully saturated rings. The minimum atomic E-state index is -1.30. The first-order valence-corrected chi connectivity index (χ1v) is 6.67. The van der Waals surface area contributed by atoms with Crippen molar-refractivity contribution in [2.75, 3.05) is 0 Å². The van der Waals surface area contributed by atoms with Crippen LogP contribution < -0.4 is 0 Å². The van der Waals surface area contributed by atoms with Crippen molar-refractivity contribution in [3.05, 3.63) is 0 Å². The number of carbonyl (C=O) groups excluding carboxylic acids is 4. The van der Waals surface area contributed by atoms with Crippen molar-refractivity contribution in [2.45, 2.75) is 51.5 Å². The summed E-state index contributed by atoms with van der Waals surface area (Å²) in [6.45, 7) is 3.07. The van der Waals surface area contributed by atoms with E-state index in [0.717, 1.165) is 0 Å². The third-order valence-electron chi connectivity index (χ3n) is 2.98. The lowest BCUT2D eigenvalue weighted by Crippen LogP contribution is -2.34. The number of ether oxygens (including phenoxy) is 2. The van der Waals surface area contributed by atoms with Crippen LogP contribution in [0, 0.1) is 0 Å². The summed E-state index contributed by atoms with van der Waals surface area (Å²) in [5, 5.41) is 7.84. The number of carbonyl (C=O) groups is 4. The van der Waals surface area contributed by atoms with Crippen LogP contribution in [0.4, 0.5) is 4.79 Å². The molecule has 120 valence electrons. The fourth-order valence-electron chi connectivity index (χ4n) is 1.68. The summed E-state index contributed by atoms with van der Waals surface area (Å²) in [7, 11) is 0. The number of hydroxylamine groups is 2. The van der Waals surface area contributed by atoms with Crippen LogP contribution in [0.25, 0.3) is 0 Å². The lowest BCUT2D eigenvalue weighted by atomic mass is 10.1. The Bertz CT molecular complexity index is 523. The van der Waals surface area contributed by atoms with Crippen molar-refractivity contribution < 1.29 is 33.5 Å². The SMILES string of the molecule is CC(OC(=O)CCC1(C)N=N1)OC(=O)ON1C(=O)CCC1=O. The Labute approximate surface area is 125 Å². The minimum Gasteiger partial charge on any atom is -0.425 e. The van der Waals surface area contributed by atoms with E-state index in [9.17, 15) is 19.2 Å². The van der Waals surface area contributed by atoms with Gasteiger partial charge in [-0.25, -0.2) is 4.79 Å². The van der Waals surface area contributed by atoms with E-state index in [4.69, 9.17) is 4.74 Å². The number of imide groups is 1. The van der Waals surface area contributed by atoms with Gasteiger partial charge in [-0.3, -0.25) is 19.2 Å². The van der Waals surface area contributed by atoms with E-state index in [0.29, 0.717) is 11.5 Å². The maximum atomic E-state index is 11.5. The van der Waals surface area contributed by atoms with Crippen LogP contribution in [0.1, 0.15) is 39.5 Å². The molecule has 0 spiro atoms. The van der Waals surface area contributed by atoms with Crippen molar-refractivity contribution >= 4 is 23.9 Å². The van der Waals surface area contributed by atoms with Crippen molar-refractivity contribution in [1.82, 2.24) is 5.06 Å². The zero-order valence-corrected chi connectivity index (χ0v) is 12.1. The molecule has 10 heteroatoms. The molecule has 2 aliphatic heterocycles. The van der Waals surface area contributed by atoms with E-state index >= 15 is 0 Å². The maximum absolute atomic E-state index is 11.5. The highest BCUT2D eigenvalue weighted by Gasteiger charge is 2.35. The van der Waals surface area contributed by atoms with E-state index in [2.05, 4.69) is 19.8 Å². The largest absolute Gasteiger partial charge is 0.537 e. The van der Waals surface area contributed by atoms with Gasteiger partial charge in [-0.2, -0.15) is 10.2 Å². The average molecular weight is 313 g/mol. The summed E-state index contributed by atoms with van der Waals surface area (Å²) < 4.78 is 9.46. The predicted octanol–water partition coefficient (Wildman–Crippen LogP) is 1.05. The van der Waals surface area contributed by atoms with Crippen LogP contribution in [-0.4, -0.2) is 41.0 Å². The van der Waals surface area contributed by atoms with Gasteiger partial charge in [0.25, 0.3) is 11.8 Å². The molecule has 0 aromatic carbocycles. The van der Waals surface area contributed by atoms with E-state index in [1.54, 1.807) is 6.92 Å². The minimum absolute atomic E-state index is 0.0223. The second-order valence-electron chi connectivity index (χ2n) is 5.02. The summed E-state index contributed by atoms with van der Waals surface area (Å²) in [6.07, 6.45) is -2.09. The van der Waals surface area contributed by atoms with Gasteiger partial charge < -0.3 is 9.47 Å². The molecule has 22 heavy (non-hydrogen) atoms. The third kappa shape index (κ3) is 4.24. The Morgan fingerprint density at radius 1 is 1.23 bits per heavy atom. The normalized spacial score (nSPS) is 19.8. The number of esters is 1. The number of amides is 2. The van der Waals surface area contributed by atoms with Crippen LogP contribution in [0.3, 0.4) is 0 Å². The molecule has 2 rings (SSSR count). The van der Waals surface area contributed by atoms with Crippen molar-refractivity contribution in [1.29, 1.82) is 0 Å². The molecule has 0 N–H and O–H groups in total. The molecule has 0 aromatic rings. The van der Waals surface area contributed by atoms with Gasteiger partial charge in [0.2, 0.25) is 6.29 Å². The highest BCUT2D eigenvalue weighted by Crippen LogP contribution is 2.32. The third-order valence-corrected chi connectivity index (χ3v) is 2.98. The average Bonchev–Trinajstić information content (AvgIpc) is 3.10. The Balaban J connectivity index is 1.68. The molecule has 2 heterocycles. The number of nitrogens with zero attached hydrogens (tertiary/aromatic N) is 3. The first-order valence-electron chi connectivity index (χ1n) is 6.67. The second-order valence-corrected chi connectivity index (χ2v) is 5.02. The van der Waals surface area contributed by atoms with Crippen molar-refractivity contribution in [3.63, 3.8) is 0 Å².